The molecule has 0 atom stereocenters. The number of benzene rings is 1. The zero-order valence-corrected chi connectivity index (χ0v) is 14.1. The Bertz CT molecular complexity index is 833. The lowest BCUT2D eigenvalue weighted by Gasteiger charge is -2.36. The van der Waals surface area contributed by atoms with Crippen LogP contribution in [0.15, 0.2) is 16.7 Å². The fourth-order valence-corrected chi connectivity index (χ4v) is 3.01. The maximum absolute atomic E-state index is 11.2. The van der Waals surface area contributed by atoms with E-state index in [2.05, 4.69) is 19.9 Å². The summed E-state index contributed by atoms with van der Waals surface area (Å²) >= 11 is 0. The molecule has 9 nitrogen and oxygen atoms in total. The molecule has 130 valence electrons. The lowest BCUT2D eigenvalue weighted by atomic mass is 10.1. The molecule has 0 saturated carbocycles. The van der Waals surface area contributed by atoms with Crippen molar-refractivity contribution in [1.82, 2.24) is 15.0 Å². The van der Waals surface area contributed by atoms with Gasteiger partial charge in [-0.2, -0.15) is 10.2 Å². The van der Waals surface area contributed by atoms with Crippen LogP contribution < -0.4 is 4.90 Å². The first-order chi connectivity index (χ1) is 12.0. The van der Waals surface area contributed by atoms with Gasteiger partial charge in [-0.15, -0.1) is 0 Å². The van der Waals surface area contributed by atoms with Crippen LogP contribution in [0, 0.1) is 35.3 Å². The monoisotopic (exact) mass is 342 g/mol. The Hall–Kier alpha value is -2.99. The zero-order chi connectivity index (χ0) is 18.0. The molecule has 0 aliphatic carbocycles. The average Bonchev–Trinajstić information content (AvgIpc) is 3.00. The number of aromatic nitrogens is 2. The third-order valence-electron chi connectivity index (χ3n) is 4.32. The maximum atomic E-state index is 11.2. The Kier molecular flexibility index (Phi) is 4.63. The molecule has 1 aromatic heterocycles. The molecule has 3 rings (SSSR count). The molecule has 1 fully saturated rings. The molecular formula is C16H18N6O3. The van der Waals surface area contributed by atoms with Gasteiger partial charge in [0.1, 0.15) is 0 Å². The summed E-state index contributed by atoms with van der Waals surface area (Å²) in [6, 6.07) is 5.05. The van der Waals surface area contributed by atoms with E-state index in [0.29, 0.717) is 42.5 Å². The van der Waals surface area contributed by atoms with Gasteiger partial charge >= 0.3 is 0 Å². The van der Waals surface area contributed by atoms with E-state index in [4.69, 9.17) is 9.78 Å². The third kappa shape index (κ3) is 3.59. The normalized spacial score (nSPS) is 15.2. The quantitative estimate of drug-likeness (QED) is 0.610. The van der Waals surface area contributed by atoms with Crippen molar-refractivity contribution in [2.24, 2.45) is 0 Å². The van der Waals surface area contributed by atoms with Crippen molar-refractivity contribution >= 4 is 11.4 Å². The lowest BCUT2D eigenvalue weighted by molar-refractivity contribution is -0.385. The highest BCUT2D eigenvalue weighted by Crippen LogP contribution is 2.31. The minimum Gasteiger partial charge on any atom is -0.369 e. The molecule has 0 amide bonds. The van der Waals surface area contributed by atoms with Crippen LogP contribution in [0.4, 0.5) is 11.4 Å². The van der Waals surface area contributed by atoms with Gasteiger partial charge in [-0.25, -0.2) is 0 Å². The highest BCUT2D eigenvalue weighted by Gasteiger charge is 2.24. The van der Waals surface area contributed by atoms with Crippen molar-refractivity contribution in [2.75, 3.05) is 31.1 Å². The SMILES string of the molecule is Cc1noc(CN2CCN(c3cc(C#N)cc([N+](=O)[O-])c3C)CC2)n1. The number of aryl methyl sites for hydroxylation is 1. The van der Waals surface area contributed by atoms with Crippen LogP contribution in [-0.2, 0) is 6.54 Å². The van der Waals surface area contributed by atoms with E-state index < -0.39 is 4.92 Å². The molecule has 1 saturated heterocycles. The molecule has 0 spiro atoms. The summed E-state index contributed by atoms with van der Waals surface area (Å²) in [5.41, 5.74) is 1.62. The molecule has 0 bridgehead atoms. The molecule has 1 aromatic carbocycles. The van der Waals surface area contributed by atoms with Crippen molar-refractivity contribution in [3.63, 3.8) is 0 Å². The van der Waals surface area contributed by atoms with E-state index >= 15 is 0 Å². The summed E-state index contributed by atoms with van der Waals surface area (Å²) in [6.07, 6.45) is 0. The van der Waals surface area contributed by atoms with Crippen molar-refractivity contribution in [2.45, 2.75) is 20.4 Å². The fraction of sp³-hybridized carbons (Fsp3) is 0.438. The van der Waals surface area contributed by atoms with Crippen LogP contribution in [0.5, 0.6) is 0 Å². The van der Waals surface area contributed by atoms with Gasteiger partial charge in [0.15, 0.2) is 5.82 Å². The predicted octanol–water partition coefficient (Wildman–Crippen LogP) is 1.79. The number of anilines is 1. The van der Waals surface area contributed by atoms with Crippen molar-refractivity contribution in [3.05, 3.63) is 45.1 Å². The van der Waals surface area contributed by atoms with E-state index in [1.165, 1.54) is 6.07 Å². The standard InChI is InChI=1S/C16H18N6O3/c1-11-14(7-13(9-17)8-15(11)22(23)24)21-5-3-20(4-6-21)10-16-18-12(2)19-25-16/h7-8H,3-6,10H2,1-2H3. The Labute approximate surface area is 144 Å². The second-order valence-electron chi connectivity index (χ2n) is 6.01. The molecule has 2 heterocycles. The van der Waals surface area contributed by atoms with Gasteiger partial charge in [-0.05, 0) is 19.9 Å². The largest absolute Gasteiger partial charge is 0.369 e. The predicted molar refractivity (Wildman–Crippen MR) is 89.1 cm³/mol. The second-order valence-corrected chi connectivity index (χ2v) is 6.01. The van der Waals surface area contributed by atoms with Crippen LogP contribution in [-0.4, -0.2) is 46.1 Å². The number of nitro groups is 1. The van der Waals surface area contributed by atoms with Gasteiger partial charge in [-0.1, -0.05) is 5.16 Å². The first-order valence-corrected chi connectivity index (χ1v) is 7.93. The fourth-order valence-electron chi connectivity index (χ4n) is 3.01. The summed E-state index contributed by atoms with van der Waals surface area (Å²) < 4.78 is 5.14. The number of hydrogen-bond acceptors (Lipinski definition) is 8. The van der Waals surface area contributed by atoms with Crippen molar-refractivity contribution < 1.29 is 9.45 Å². The van der Waals surface area contributed by atoms with Gasteiger partial charge in [0.2, 0.25) is 5.89 Å². The molecule has 0 N–H and O–H groups in total. The van der Waals surface area contributed by atoms with Crippen LogP contribution in [0.1, 0.15) is 22.8 Å². The highest BCUT2D eigenvalue weighted by atomic mass is 16.6. The minimum absolute atomic E-state index is 0.0159. The topological polar surface area (TPSA) is 112 Å². The second kappa shape index (κ2) is 6.86. The Morgan fingerprint density at radius 1 is 1.32 bits per heavy atom. The van der Waals surface area contributed by atoms with Crippen molar-refractivity contribution in [1.29, 1.82) is 5.26 Å². The van der Waals surface area contributed by atoms with Crippen LogP contribution >= 0.6 is 0 Å². The van der Waals surface area contributed by atoms with E-state index in [1.807, 2.05) is 6.07 Å². The molecular weight excluding hydrogens is 324 g/mol. The van der Waals surface area contributed by atoms with Gasteiger partial charge < -0.3 is 9.42 Å². The van der Waals surface area contributed by atoms with E-state index in [9.17, 15) is 10.1 Å². The molecule has 25 heavy (non-hydrogen) atoms. The van der Waals surface area contributed by atoms with E-state index in [1.54, 1.807) is 19.9 Å². The van der Waals surface area contributed by atoms with E-state index in [0.717, 1.165) is 18.8 Å². The summed E-state index contributed by atoms with van der Waals surface area (Å²) in [4.78, 5) is 19.3. The number of nitro benzene ring substituents is 1. The Balaban J connectivity index is 1.73. The lowest BCUT2D eigenvalue weighted by Crippen LogP contribution is -2.46. The van der Waals surface area contributed by atoms with E-state index in [-0.39, 0.29) is 5.69 Å². The van der Waals surface area contributed by atoms with Gasteiger partial charge in [0, 0.05) is 37.9 Å². The summed E-state index contributed by atoms with van der Waals surface area (Å²) in [6.45, 7) is 7.05. The smallest absolute Gasteiger partial charge is 0.275 e. The first-order valence-electron chi connectivity index (χ1n) is 7.93. The van der Waals surface area contributed by atoms with Crippen LogP contribution in [0.25, 0.3) is 0 Å². The molecule has 1 aliphatic heterocycles. The number of rotatable bonds is 4. The van der Waals surface area contributed by atoms with Crippen LogP contribution in [0.2, 0.25) is 0 Å². The molecule has 2 aromatic rings. The van der Waals surface area contributed by atoms with Crippen LogP contribution in [0.3, 0.4) is 0 Å². The maximum Gasteiger partial charge on any atom is 0.275 e. The first kappa shape index (κ1) is 16.9. The molecule has 0 radical (unpaired) electrons. The summed E-state index contributed by atoms with van der Waals surface area (Å²) in [5.74, 6) is 1.20. The zero-order valence-electron chi connectivity index (χ0n) is 14.1. The highest BCUT2D eigenvalue weighted by molar-refractivity contribution is 5.65. The Morgan fingerprint density at radius 3 is 2.60 bits per heavy atom. The molecule has 0 unspecified atom stereocenters. The Morgan fingerprint density at radius 2 is 2.04 bits per heavy atom. The minimum atomic E-state index is -0.437. The average molecular weight is 342 g/mol. The number of hydrogen-bond donors (Lipinski definition) is 0. The number of piperazine rings is 1. The van der Waals surface area contributed by atoms with Gasteiger partial charge in [0.05, 0.1) is 28.7 Å². The molecule has 9 heteroatoms. The summed E-state index contributed by atoms with van der Waals surface area (Å²) in [7, 11) is 0. The summed E-state index contributed by atoms with van der Waals surface area (Å²) in [5, 5.41) is 24.2. The van der Waals surface area contributed by atoms with Crippen molar-refractivity contribution in [3.8, 4) is 6.07 Å². The van der Waals surface area contributed by atoms with Gasteiger partial charge in [-0.3, -0.25) is 15.0 Å². The van der Waals surface area contributed by atoms with Gasteiger partial charge in [0.25, 0.3) is 5.69 Å². The molecule has 1 aliphatic rings. The number of nitriles is 1. The third-order valence-corrected chi connectivity index (χ3v) is 4.32. The number of nitrogens with zero attached hydrogens (tertiary/aromatic N) is 6.